The lowest BCUT2D eigenvalue weighted by Gasteiger charge is -2.40. The third-order valence-corrected chi connectivity index (χ3v) is 5.45. The molecule has 0 aliphatic heterocycles. The van der Waals surface area contributed by atoms with Crippen LogP contribution in [0.2, 0.25) is 5.28 Å². The summed E-state index contributed by atoms with van der Waals surface area (Å²) in [6, 6.07) is 0.0590. The van der Waals surface area contributed by atoms with Crippen molar-refractivity contribution in [2.75, 3.05) is 18.1 Å². The van der Waals surface area contributed by atoms with Crippen LogP contribution in [0.1, 0.15) is 59.3 Å². The Balaban J connectivity index is 2.47. The van der Waals surface area contributed by atoms with Gasteiger partial charge in [0.2, 0.25) is 11.1 Å². The van der Waals surface area contributed by atoms with Gasteiger partial charge >= 0.3 is 11.7 Å². The van der Waals surface area contributed by atoms with Crippen LogP contribution in [-0.4, -0.2) is 40.1 Å². The molecule has 27 heavy (non-hydrogen) atoms. The first-order valence-corrected chi connectivity index (χ1v) is 9.81. The molecular formula is C18H27ClN4O4. The fourth-order valence-corrected chi connectivity index (χ4v) is 3.59. The standard InChI is InChI=1S/C18H27ClN4O4/c1-4-18(3,16(24)27-5-2)12-22(13-9-7-6-8-10-13)15-14(23(25)26)11-20-17(19)21-15/h11,13H,4-10,12H2,1-3H3. The van der Waals surface area contributed by atoms with E-state index in [4.69, 9.17) is 16.3 Å². The molecule has 0 saturated heterocycles. The van der Waals surface area contributed by atoms with Crippen molar-refractivity contribution in [2.24, 2.45) is 5.41 Å². The lowest BCUT2D eigenvalue weighted by Crippen LogP contribution is -2.47. The predicted molar refractivity (Wildman–Crippen MR) is 103 cm³/mol. The summed E-state index contributed by atoms with van der Waals surface area (Å²) in [5, 5.41) is 11.5. The average Bonchev–Trinajstić information content (AvgIpc) is 2.66. The summed E-state index contributed by atoms with van der Waals surface area (Å²) in [6.07, 6.45) is 6.67. The van der Waals surface area contributed by atoms with Crippen LogP contribution in [0, 0.1) is 15.5 Å². The van der Waals surface area contributed by atoms with Gasteiger partial charge in [0.25, 0.3) is 0 Å². The minimum atomic E-state index is -0.807. The molecule has 0 aromatic carbocycles. The number of ether oxygens (including phenoxy) is 1. The van der Waals surface area contributed by atoms with Crippen molar-refractivity contribution < 1.29 is 14.5 Å². The SMILES string of the molecule is CCOC(=O)C(C)(CC)CN(c1nc(Cl)ncc1[N+](=O)[O-])C1CCCCC1. The Morgan fingerprint density at radius 1 is 1.41 bits per heavy atom. The molecule has 1 heterocycles. The molecular weight excluding hydrogens is 372 g/mol. The van der Waals surface area contributed by atoms with Crippen LogP contribution >= 0.6 is 11.6 Å². The van der Waals surface area contributed by atoms with Gasteiger partial charge in [0, 0.05) is 12.6 Å². The van der Waals surface area contributed by atoms with Crippen LogP contribution in [0.4, 0.5) is 11.5 Å². The molecule has 1 aromatic rings. The second-order valence-corrected chi connectivity index (χ2v) is 7.50. The summed E-state index contributed by atoms with van der Waals surface area (Å²) in [5.41, 5.74) is -1.01. The minimum Gasteiger partial charge on any atom is -0.466 e. The lowest BCUT2D eigenvalue weighted by atomic mass is 9.85. The highest BCUT2D eigenvalue weighted by molar-refractivity contribution is 6.28. The van der Waals surface area contributed by atoms with Crippen molar-refractivity contribution in [3.8, 4) is 0 Å². The summed E-state index contributed by atoms with van der Waals surface area (Å²) in [7, 11) is 0. The largest absolute Gasteiger partial charge is 0.466 e. The fraction of sp³-hybridized carbons (Fsp3) is 0.722. The summed E-state index contributed by atoms with van der Waals surface area (Å²) in [5.74, 6) is -0.132. The molecule has 150 valence electrons. The number of carbonyl (C=O) groups is 1. The fourth-order valence-electron chi connectivity index (χ4n) is 3.46. The molecule has 1 saturated carbocycles. The molecule has 2 rings (SSSR count). The number of nitrogens with zero attached hydrogens (tertiary/aromatic N) is 4. The van der Waals surface area contributed by atoms with Crippen molar-refractivity contribution in [3.63, 3.8) is 0 Å². The van der Waals surface area contributed by atoms with Gasteiger partial charge in [-0.3, -0.25) is 14.9 Å². The molecule has 0 amide bonds. The van der Waals surface area contributed by atoms with E-state index in [1.807, 2.05) is 18.7 Å². The first-order valence-electron chi connectivity index (χ1n) is 9.43. The van der Waals surface area contributed by atoms with Crippen LogP contribution in [0.5, 0.6) is 0 Å². The highest BCUT2D eigenvalue weighted by Gasteiger charge is 2.39. The predicted octanol–water partition coefficient (Wildman–Crippen LogP) is 4.16. The minimum absolute atomic E-state index is 0.0502. The Bertz CT molecular complexity index is 681. The zero-order valence-electron chi connectivity index (χ0n) is 16.1. The van der Waals surface area contributed by atoms with E-state index in [-0.39, 0.29) is 42.0 Å². The molecule has 1 fully saturated rings. The zero-order valence-corrected chi connectivity index (χ0v) is 16.9. The number of halogens is 1. The summed E-state index contributed by atoms with van der Waals surface area (Å²) >= 11 is 5.96. The van der Waals surface area contributed by atoms with Gasteiger partial charge in [-0.1, -0.05) is 26.2 Å². The van der Waals surface area contributed by atoms with Gasteiger partial charge in [0.1, 0.15) is 6.20 Å². The summed E-state index contributed by atoms with van der Waals surface area (Å²) in [4.78, 5) is 33.5. The third-order valence-electron chi connectivity index (χ3n) is 5.27. The van der Waals surface area contributed by atoms with Crippen LogP contribution in [0.3, 0.4) is 0 Å². The topological polar surface area (TPSA) is 98.5 Å². The van der Waals surface area contributed by atoms with Crippen LogP contribution < -0.4 is 4.90 Å². The molecule has 1 aliphatic carbocycles. The highest BCUT2D eigenvalue weighted by Crippen LogP contribution is 2.36. The van der Waals surface area contributed by atoms with Crippen molar-refractivity contribution in [2.45, 2.75) is 65.3 Å². The van der Waals surface area contributed by atoms with Crippen molar-refractivity contribution in [1.82, 2.24) is 9.97 Å². The maximum Gasteiger partial charge on any atom is 0.329 e. The molecule has 1 atom stereocenters. The maximum atomic E-state index is 12.6. The zero-order chi connectivity index (χ0) is 20.0. The second kappa shape index (κ2) is 9.30. The Kier molecular flexibility index (Phi) is 7.35. The summed E-state index contributed by atoms with van der Waals surface area (Å²) < 4.78 is 5.27. The molecule has 1 aromatic heterocycles. The number of hydrogen-bond donors (Lipinski definition) is 0. The van der Waals surface area contributed by atoms with Gasteiger partial charge in [-0.2, -0.15) is 4.98 Å². The van der Waals surface area contributed by atoms with Gasteiger partial charge in [0.05, 0.1) is 16.9 Å². The molecule has 1 aliphatic rings. The van der Waals surface area contributed by atoms with Crippen LogP contribution in [0.25, 0.3) is 0 Å². The number of hydrogen-bond acceptors (Lipinski definition) is 7. The number of nitro groups is 1. The Hall–Kier alpha value is -1.96. The number of aromatic nitrogens is 2. The lowest BCUT2D eigenvalue weighted by molar-refractivity contribution is -0.384. The van der Waals surface area contributed by atoms with Crippen molar-refractivity contribution in [3.05, 3.63) is 21.6 Å². The number of carbonyl (C=O) groups excluding carboxylic acids is 1. The number of rotatable bonds is 8. The molecule has 1 unspecified atom stereocenters. The molecule has 0 N–H and O–H groups in total. The monoisotopic (exact) mass is 398 g/mol. The van der Waals surface area contributed by atoms with E-state index in [9.17, 15) is 14.9 Å². The summed E-state index contributed by atoms with van der Waals surface area (Å²) in [6.45, 7) is 6.08. The number of anilines is 1. The van der Waals surface area contributed by atoms with E-state index in [0.29, 0.717) is 6.42 Å². The Morgan fingerprint density at radius 2 is 2.07 bits per heavy atom. The van der Waals surface area contributed by atoms with Gasteiger partial charge in [-0.05, 0) is 44.7 Å². The maximum absolute atomic E-state index is 12.6. The van der Waals surface area contributed by atoms with E-state index >= 15 is 0 Å². The van der Waals surface area contributed by atoms with E-state index in [0.717, 1.165) is 38.3 Å². The molecule has 9 heteroatoms. The van der Waals surface area contributed by atoms with Crippen LogP contribution in [0.15, 0.2) is 6.20 Å². The quantitative estimate of drug-likeness (QED) is 0.280. The van der Waals surface area contributed by atoms with Gasteiger partial charge < -0.3 is 9.64 Å². The van der Waals surface area contributed by atoms with Crippen molar-refractivity contribution >= 4 is 29.1 Å². The molecule has 0 spiro atoms. The van der Waals surface area contributed by atoms with E-state index in [1.54, 1.807) is 6.92 Å². The van der Waals surface area contributed by atoms with Gasteiger partial charge in [0.15, 0.2) is 0 Å². The van der Waals surface area contributed by atoms with E-state index < -0.39 is 10.3 Å². The van der Waals surface area contributed by atoms with E-state index in [2.05, 4.69) is 9.97 Å². The van der Waals surface area contributed by atoms with Gasteiger partial charge in [-0.15, -0.1) is 0 Å². The first kappa shape index (κ1) is 21.3. The molecule has 8 nitrogen and oxygen atoms in total. The normalized spacial score (nSPS) is 17.2. The first-order chi connectivity index (χ1) is 12.8. The molecule has 0 bridgehead atoms. The van der Waals surface area contributed by atoms with E-state index in [1.165, 1.54) is 0 Å². The molecule has 0 radical (unpaired) electrons. The van der Waals surface area contributed by atoms with Crippen molar-refractivity contribution in [1.29, 1.82) is 0 Å². The third kappa shape index (κ3) is 5.06. The average molecular weight is 399 g/mol. The highest BCUT2D eigenvalue weighted by atomic mass is 35.5. The van der Waals surface area contributed by atoms with Gasteiger partial charge in [-0.25, -0.2) is 4.98 Å². The Morgan fingerprint density at radius 3 is 2.63 bits per heavy atom. The van der Waals surface area contributed by atoms with Crippen LogP contribution in [-0.2, 0) is 9.53 Å². The smallest absolute Gasteiger partial charge is 0.329 e. The second-order valence-electron chi connectivity index (χ2n) is 7.16. The Labute approximate surface area is 164 Å². The number of esters is 1.